The Morgan fingerprint density at radius 3 is 2.68 bits per heavy atom. The number of hydrogen-bond acceptors (Lipinski definition) is 2. The lowest BCUT2D eigenvalue weighted by molar-refractivity contribution is -0.127. The van der Waals surface area contributed by atoms with E-state index in [2.05, 4.69) is 6.92 Å². The molecule has 4 rings (SSSR count). The van der Waals surface area contributed by atoms with Crippen LogP contribution < -0.4 is 0 Å². The Morgan fingerprint density at radius 2 is 1.91 bits per heavy atom. The van der Waals surface area contributed by atoms with Crippen LogP contribution in [0.5, 0.6) is 0 Å². The Balaban J connectivity index is 1.62. The zero-order chi connectivity index (χ0) is 15.5. The summed E-state index contributed by atoms with van der Waals surface area (Å²) in [5.74, 6) is 4.10. The zero-order valence-corrected chi connectivity index (χ0v) is 13.9. The summed E-state index contributed by atoms with van der Waals surface area (Å²) in [5, 5.41) is 0. The summed E-state index contributed by atoms with van der Waals surface area (Å²) in [6, 6.07) is 0. The highest BCUT2D eigenvalue weighted by Crippen LogP contribution is 2.63. The molecule has 0 aromatic rings. The van der Waals surface area contributed by atoms with Crippen LogP contribution in [-0.4, -0.2) is 11.6 Å². The molecule has 4 aliphatic carbocycles. The number of fused-ring (bicyclic) bond motifs is 5. The second kappa shape index (κ2) is 5.04. The summed E-state index contributed by atoms with van der Waals surface area (Å²) in [4.78, 5) is 23.8. The highest BCUT2D eigenvalue weighted by Gasteiger charge is 2.57. The van der Waals surface area contributed by atoms with E-state index in [9.17, 15) is 9.59 Å². The van der Waals surface area contributed by atoms with Crippen LogP contribution in [0.2, 0.25) is 0 Å². The van der Waals surface area contributed by atoms with Gasteiger partial charge >= 0.3 is 0 Å². The summed E-state index contributed by atoms with van der Waals surface area (Å²) in [6.45, 7) is 4.21. The van der Waals surface area contributed by atoms with Crippen LogP contribution in [0.4, 0.5) is 0 Å². The van der Waals surface area contributed by atoms with Crippen LogP contribution in [-0.2, 0) is 9.59 Å². The Bertz CT molecular complexity index is 546. The molecule has 22 heavy (non-hydrogen) atoms. The van der Waals surface area contributed by atoms with Gasteiger partial charge in [-0.05, 0) is 87.0 Å². The van der Waals surface area contributed by atoms with Crippen molar-refractivity contribution in [3.8, 4) is 0 Å². The van der Waals surface area contributed by atoms with Crippen molar-refractivity contribution in [2.45, 2.75) is 65.2 Å². The first-order chi connectivity index (χ1) is 10.5. The molecule has 4 aliphatic rings. The topological polar surface area (TPSA) is 34.1 Å². The van der Waals surface area contributed by atoms with E-state index in [0.717, 1.165) is 43.4 Å². The normalized spacial score (nSPS) is 47.3. The number of carbonyl (C=O) groups excluding carboxylic acids is 2. The van der Waals surface area contributed by atoms with Gasteiger partial charge in [-0.2, -0.15) is 0 Å². The molecular weight excluding hydrogens is 272 g/mol. The molecule has 6 atom stereocenters. The predicted molar refractivity (Wildman–Crippen MR) is 86.3 cm³/mol. The molecule has 0 N–H and O–H groups in total. The largest absolute Gasteiger partial charge is 0.300 e. The molecule has 3 fully saturated rings. The van der Waals surface area contributed by atoms with Crippen LogP contribution in [0.1, 0.15) is 65.2 Å². The third-order valence-corrected chi connectivity index (χ3v) is 7.79. The molecule has 120 valence electrons. The van der Waals surface area contributed by atoms with Crippen molar-refractivity contribution < 1.29 is 9.59 Å². The first-order valence-electron chi connectivity index (χ1n) is 9.24. The number of rotatable bonds is 1. The van der Waals surface area contributed by atoms with Gasteiger partial charge in [0, 0.05) is 12.3 Å². The number of allylic oxidation sites excluding steroid dienone is 1. The van der Waals surface area contributed by atoms with Gasteiger partial charge in [0.2, 0.25) is 0 Å². The summed E-state index contributed by atoms with van der Waals surface area (Å²) in [7, 11) is 0. The average Bonchev–Trinajstić information content (AvgIpc) is 2.84. The summed E-state index contributed by atoms with van der Waals surface area (Å²) in [5.41, 5.74) is 1.72. The van der Waals surface area contributed by atoms with E-state index in [4.69, 9.17) is 0 Å². The molecule has 2 heteroatoms. The summed E-state index contributed by atoms with van der Waals surface area (Å²) in [6.07, 6.45) is 11.1. The summed E-state index contributed by atoms with van der Waals surface area (Å²) >= 11 is 0. The maximum Gasteiger partial charge on any atom is 0.155 e. The van der Waals surface area contributed by atoms with E-state index >= 15 is 0 Å². The Labute approximate surface area is 133 Å². The van der Waals surface area contributed by atoms with E-state index in [-0.39, 0.29) is 5.41 Å². The maximum absolute atomic E-state index is 12.1. The van der Waals surface area contributed by atoms with E-state index in [1.807, 2.05) is 6.08 Å². The van der Waals surface area contributed by atoms with Crippen LogP contribution in [0.3, 0.4) is 0 Å². The molecule has 0 aromatic carbocycles. The van der Waals surface area contributed by atoms with Crippen molar-refractivity contribution in [1.82, 2.24) is 0 Å². The lowest BCUT2D eigenvalue weighted by atomic mass is 9.51. The van der Waals surface area contributed by atoms with Gasteiger partial charge in [-0.25, -0.2) is 0 Å². The molecule has 0 radical (unpaired) electrons. The summed E-state index contributed by atoms with van der Waals surface area (Å²) < 4.78 is 0. The van der Waals surface area contributed by atoms with Crippen LogP contribution in [0.25, 0.3) is 0 Å². The molecule has 0 unspecified atom stereocenters. The molecule has 0 aromatic heterocycles. The fourth-order valence-corrected chi connectivity index (χ4v) is 6.85. The second-order valence-electron chi connectivity index (χ2n) is 8.59. The highest BCUT2D eigenvalue weighted by molar-refractivity contribution is 5.91. The standard InChI is InChI=1S/C20H28O2/c1-12(21)18-7-8-19-17-5-3-13-11-14(22)4-6-15(13)16(17)9-10-20(18,19)2/h11,15-19H,3-10H2,1-2H3/t15-,16+,17+,18-,19+,20+/m0/s1. The Morgan fingerprint density at radius 1 is 1.09 bits per heavy atom. The molecule has 0 amide bonds. The minimum Gasteiger partial charge on any atom is -0.300 e. The molecule has 0 bridgehead atoms. The number of hydrogen-bond donors (Lipinski definition) is 0. The van der Waals surface area contributed by atoms with E-state index in [1.165, 1.54) is 31.3 Å². The van der Waals surface area contributed by atoms with E-state index in [0.29, 0.717) is 23.4 Å². The average molecular weight is 300 g/mol. The first-order valence-corrected chi connectivity index (χ1v) is 9.24. The van der Waals surface area contributed by atoms with Crippen molar-refractivity contribution in [2.75, 3.05) is 0 Å². The molecular formula is C20H28O2. The van der Waals surface area contributed by atoms with Gasteiger partial charge in [0.05, 0.1) is 0 Å². The molecule has 0 heterocycles. The molecule has 3 saturated carbocycles. The van der Waals surface area contributed by atoms with Crippen molar-refractivity contribution in [3.05, 3.63) is 11.6 Å². The van der Waals surface area contributed by atoms with E-state index in [1.54, 1.807) is 6.92 Å². The van der Waals surface area contributed by atoms with Crippen LogP contribution in [0, 0.1) is 35.0 Å². The van der Waals surface area contributed by atoms with Gasteiger partial charge in [0.1, 0.15) is 5.78 Å². The third-order valence-electron chi connectivity index (χ3n) is 7.79. The minimum atomic E-state index is 0.263. The lowest BCUT2D eigenvalue weighted by Crippen LogP contribution is -2.47. The van der Waals surface area contributed by atoms with Gasteiger partial charge in [0.15, 0.2) is 5.78 Å². The van der Waals surface area contributed by atoms with Crippen molar-refractivity contribution in [2.24, 2.45) is 35.0 Å². The Kier molecular flexibility index (Phi) is 3.36. The van der Waals surface area contributed by atoms with Gasteiger partial charge in [-0.1, -0.05) is 12.5 Å². The fraction of sp³-hybridized carbons (Fsp3) is 0.800. The third kappa shape index (κ3) is 1.98. The highest BCUT2D eigenvalue weighted by atomic mass is 16.1. The molecule has 0 spiro atoms. The Hall–Kier alpha value is -0.920. The van der Waals surface area contributed by atoms with Crippen molar-refractivity contribution >= 4 is 11.6 Å². The second-order valence-corrected chi connectivity index (χ2v) is 8.59. The van der Waals surface area contributed by atoms with Gasteiger partial charge in [-0.3, -0.25) is 9.59 Å². The van der Waals surface area contributed by atoms with Gasteiger partial charge < -0.3 is 0 Å². The number of ketones is 2. The molecule has 0 aliphatic heterocycles. The van der Waals surface area contributed by atoms with Crippen LogP contribution in [0.15, 0.2) is 11.6 Å². The molecule has 2 nitrogen and oxygen atoms in total. The minimum absolute atomic E-state index is 0.263. The fourth-order valence-electron chi connectivity index (χ4n) is 6.85. The molecule has 0 saturated heterocycles. The van der Waals surface area contributed by atoms with Crippen molar-refractivity contribution in [1.29, 1.82) is 0 Å². The smallest absolute Gasteiger partial charge is 0.155 e. The zero-order valence-electron chi connectivity index (χ0n) is 13.9. The SMILES string of the molecule is CC(=O)[C@@H]1CC[C@@H]2[C@@H]3CCC4=CC(=O)CC[C@@H]4[C@H]3CC[C@@]21C. The lowest BCUT2D eigenvalue weighted by Gasteiger charge is -2.53. The van der Waals surface area contributed by atoms with Crippen LogP contribution >= 0.6 is 0 Å². The monoisotopic (exact) mass is 300 g/mol. The first kappa shape index (κ1) is 14.7. The van der Waals surface area contributed by atoms with Gasteiger partial charge in [-0.15, -0.1) is 0 Å². The number of Topliss-reactive ketones (excluding diaryl/α,β-unsaturated/α-hetero) is 1. The van der Waals surface area contributed by atoms with Gasteiger partial charge in [0.25, 0.3) is 0 Å². The predicted octanol–water partition coefficient (Wildman–Crippen LogP) is 4.33. The van der Waals surface area contributed by atoms with Crippen molar-refractivity contribution in [3.63, 3.8) is 0 Å². The van der Waals surface area contributed by atoms with E-state index < -0.39 is 0 Å². The quantitative estimate of drug-likeness (QED) is 0.722. The number of carbonyl (C=O) groups is 2. The maximum atomic E-state index is 12.1.